The van der Waals surface area contributed by atoms with Gasteiger partial charge in [0.15, 0.2) is 0 Å². The Bertz CT molecular complexity index is 770. The Labute approximate surface area is 137 Å². The fourth-order valence-corrected chi connectivity index (χ4v) is 4.08. The number of anilines is 1. The van der Waals surface area contributed by atoms with E-state index in [1.807, 2.05) is 6.20 Å². The molecule has 23 heavy (non-hydrogen) atoms. The fourth-order valence-electron chi connectivity index (χ4n) is 4.08. The fraction of sp³-hybridized carbons (Fsp3) is 0.556. The number of likely N-dealkylation sites (N-methyl/N-ethyl adjacent to an activating group) is 1. The van der Waals surface area contributed by atoms with E-state index in [1.54, 1.807) is 0 Å². The summed E-state index contributed by atoms with van der Waals surface area (Å²) >= 11 is 0. The first-order chi connectivity index (χ1) is 11.2. The molecule has 0 spiro atoms. The van der Waals surface area contributed by atoms with Crippen LogP contribution in [0.25, 0.3) is 5.65 Å². The molecule has 0 amide bonds. The largest absolute Gasteiger partial charge is 0.356 e. The summed E-state index contributed by atoms with van der Waals surface area (Å²) in [5.74, 6) is 1.47. The zero-order valence-electron chi connectivity index (χ0n) is 13.9. The van der Waals surface area contributed by atoms with Gasteiger partial charge in [-0.3, -0.25) is 4.40 Å². The van der Waals surface area contributed by atoms with Crippen molar-refractivity contribution < 1.29 is 0 Å². The van der Waals surface area contributed by atoms with Gasteiger partial charge in [0.25, 0.3) is 0 Å². The SMILES string of the molecule is CN(C)[C@H]1CCN(c2c3c(cc4nccn24)CC(C#N)CC3)C1. The highest BCUT2D eigenvalue weighted by Crippen LogP contribution is 2.35. The van der Waals surface area contributed by atoms with E-state index in [2.05, 4.69) is 51.6 Å². The number of fused-ring (bicyclic) bond motifs is 2. The second-order valence-corrected chi connectivity index (χ2v) is 7.05. The average molecular weight is 309 g/mol. The Kier molecular flexibility index (Phi) is 3.50. The Hall–Kier alpha value is -2.06. The zero-order chi connectivity index (χ0) is 16.0. The Morgan fingerprint density at radius 3 is 2.96 bits per heavy atom. The minimum atomic E-state index is 0.154. The van der Waals surface area contributed by atoms with E-state index in [4.69, 9.17) is 0 Å². The predicted molar refractivity (Wildman–Crippen MR) is 90.6 cm³/mol. The molecule has 1 unspecified atom stereocenters. The molecular formula is C18H23N5. The summed E-state index contributed by atoms with van der Waals surface area (Å²) < 4.78 is 2.24. The second-order valence-electron chi connectivity index (χ2n) is 7.05. The predicted octanol–water partition coefficient (Wildman–Crippen LogP) is 2.10. The summed E-state index contributed by atoms with van der Waals surface area (Å²) in [4.78, 5) is 9.35. The summed E-state index contributed by atoms with van der Waals surface area (Å²) in [5.41, 5.74) is 3.76. The van der Waals surface area contributed by atoms with Crippen LogP contribution in [0.5, 0.6) is 0 Å². The summed E-state index contributed by atoms with van der Waals surface area (Å²) in [7, 11) is 4.33. The van der Waals surface area contributed by atoms with Crippen LogP contribution in [0.4, 0.5) is 5.82 Å². The number of hydrogen-bond donors (Lipinski definition) is 0. The van der Waals surface area contributed by atoms with E-state index in [9.17, 15) is 5.26 Å². The highest BCUT2D eigenvalue weighted by atomic mass is 15.3. The van der Waals surface area contributed by atoms with Gasteiger partial charge in [0.2, 0.25) is 0 Å². The van der Waals surface area contributed by atoms with E-state index < -0.39 is 0 Å². The first kappa shape index (κ1) is 14.5. The van der Waals surface area contributed by atoms with Gasteiger partial charge in [-0.2, -0.15) is 5.26 Å². The first-order valence-electron chi connectivity index (χ1n) is 8.46. The summed E-state index contributed by atoms with van der Waals surface area (Å²) in [6.45, 7) is 2.16. The van der Waals surface area contributed by atoms with Gasteiger partial charge in [0, 0.05) is 31.5 Å². The number of nitriles is 1. The normalized spacial score (nSPS) is 24.2. The molecule has 120 valence electrons. The van der Waals surface area contributed by atoms with Crippen molar-refractivity contribution in [3.63, 3.8) is 0 Å². The third kappa shape index (κ3) is 2.38. The minimum Gasteiger partial charge on any atom is -0.356 e. The number of pyridine rings is 1. The third-order valence-corrected chi connectivity index (χ3v) is 5.44. The van der Waals surface area contributed by atoms with Gasteiger partial charge < -0.3 is 9.80 Å². The average Bonchev–Trinajstić information content (AvgIpc) is 3.20. The van der Waals surface area contributed by atoms with Crippen molar-refractivity contribution in [3.8, 4) is 6.07 Å². The van der Waals surface area contributed by atoms with Gasteiger partial charge in [-0.15, -0.1) is 0 Å². The lowest BCUT2D eigenvalue weighted by atomic mass is 9.85. The van der Waals surface area contributed by atoms with Crippen molar-refractivity contribution in [1.29, 1.82) is 5.26 Å². The van der Waals surface area contributed by atoms with Crippen LogP contribution in [0.15, 0.2) is 18.5 Å². The molecule has 4 rings (SSSR count). The molecule has 3 heterocycles. The molecule has 1 saturated heterocycles. The van der Waals surface area contributed by atoms with Gasteiger partial charge in [0.1, 0.15) is 11.5 Å². The van der Waals surface area contributed by atoms with Crippen molar-refractivity contribution in [1.82, 2.24) is 14.3 Å². The number of rotatable bonds is 2. The maximum absolute atomic E-state index is 9.28. The van der Waals surface area contributed by atoms with Crippen LogP contribution in [0.1, 0.15) is 24.0 Å². The van der Waals surface area contributed by atoms with E-state index in [1.165, 1.54) is 23.4 Å². The number of aromatic nitrogens is 2. The monoisotopic (exact) mass is 309 g/mol. The van der Waals surface area contributed by atoms with Crippen molar-refractivity contribution >= 4 is 11.5 Å². The molecule has 2 atom stereocenters. The molecule has 1 aliphatic carbocycles. The zero-order valence-corrected chi connectivity index (χ0v) is 13.9. The van der Waals surface area contributed by atoms with Crippen LogP contribution < -0.4 is 4.90 Å². The molecular weight excluding hydrogens is 286 g/mol. The molecule has 2 aromatic heterocycles. The quantitative estimate of drug-likeness (QED) is 0.852. The van der Waals surface area contributed by atoms with Crippen molar-refractivity contribution in [2.24, 2.45) is 5.92 Å². The van der Waals surface area contributed by atoms with Crippen LogP contribution in [0, 0.1) is 17.2 Å². The second kappa shape index (κ2) is 5.54. The maximum atomic E-state index is 9.28. The highest BCUT2D eigenvalue weighted by Gasteiger charge is 2.30. The molecule has 0 N–H and O–H groups in total. The number of nitrogens with zero attached hydrogens (tertiary/aromatic N) is 5. The van der Waals surface area contributed by atoms with E-state index >= 15 is 0 Å². The standard InChI is InChI=1S/C18H23N5/c1-21(2)15-5-7-22(12-15)18-16-4-3-13(11-19)9-14(16)10-17-20-6-8-23(17)18/h6,8,10,13,15H,3-5,7,9,12H2,1-2H3/t13?,15-/m0/s1. The van der Waals surface area contributed by atoms with Crippen molar-refractivity contribution in [2.75, 3.05) is 32.1 Å². The molecule has 0 radical (unpaired) electrons. The number of hydrogen-bond acceptors (Lipinski definition) is 4. The molecule has 1 aliphatic heterocycles. The summed E-state index contributed by atoms with van der Waals surface area (Å²) in [6.07, 6.45) is 8.00. The Balaban J connectivity index is 1.79. The topological polar surface area (TPSA) is 47.6 Å². The Morgan fingerprint density at radius 2 is 2.22 bits per heavy atom. The minimum absolute atomic E-state index is 0.154. The lowest BCUT2D eigenvalue weighted by Crippen LogP contribution is -2.33. The van der Waals surface area contributed by atoms with Crippen molar-refractivity contribution in [2.45, 2.75) is 31.7 Å². The lowest BCUT2D eigenvalue weighted by Gasteiger charge is -2.29. The van der Waals surface area contributed by atoms with Crippen LogP contribution in [0.2, 0.25) is 0 Å². The number of imidazole rings is 1. The van der Waals surface area contributed by atoms with Gasteiger partial charge in [-0.05, 0) is 57.0 Å². The molecule has 2 aliphatic rings. The molecule has 0 bridgehead atoms. The van der Waals surface area contributed by atoms with Gasteiger partial charge in [-0.25, -0.2) is 4.98 Å². The van der Waals surface area contributed by atoms with E-state index in [-0.39, 0.29) is 5.92 Å². The van der Waals surface area contributed by atoms with E-state index in [0.29, 0.717) is 6.04 Å². The lowest BCUT2D eigenvalue weighted by molar-refractivity contribution is 0.315. The van der Waals surface area contributed by atoms with Crippen LogP contribution in [0.3, 0.4) is 0 Å². The maximum Gasteiger partial charge on any atom is 0.138 e. The smallest absolute Gasteiger partial charge is 0.138 e. The highest BCUT2D eigenvalue weighted by molar-refractivity contribution is 5.62. The van der Waals surface area contributed by atoms with Gasteiger partial charge in [0.05, 0.1) is 12.0 Å². The molecule has 5 heteroatoms. The van der Waals surface area contributed by atoms with Crippen LogP contribution in [-0.2, 0) is 12.8 Å². The van der Waals surface area contributed by atoms with Crippen LogP contribution >= 0.6 is 0 Å². The molecule has 2 aromatic rings. The summed E-state index contributed by atoms with van der Waals surface area (Å²) in [6, 6.07) is 5.24. The third-order valence-electron chi connectivity index (χ3n) is 5.44. The summed E-state index contributed by atoms with van der Waals surface area (Å²) in [5, 5.41) is 9.28. The molecule has 0 saturated carbocycles. The van der Waals surface area contributed by atoms with Gasteiger partial charge in [-0.1, -0.05) is 0 Å². The Morgan fingerprint density at radius 1 is 1.35 bits per heavy atom. The van der Waals surface area contributed by atoms with Crippen molar-refractivity contribution in [3.05, 3.63) is 29.6 Å². The molecule has 5 nitrogen and oxygen atoms in total. The van der Waals surface area contributed by atoms with Gasteiger partial charge >= 0.3 is 0 Å². The van der Waals surface area contributed by atoms with E-state index in [0.717, 1.165) is 38.0 Å². The molecule has 0 aromatic carbocycles. The first-order valence-corrected chi connectivity index (χ1v) is 8.46. The van der Waals surface area contributed by atoms with Crippen LogP contribution in [-0.4, -0.2) is 47.5 Å². The molecule has 1 fully saturated rings.